The van der Waals surface area contributed by atoms with Gasteiger partial charge in [0.1, 0.15) is 11.6 Å². The molecule has 0 saturated heterocycles. The Hall–Kier alpha value is -2.60. The molecule has 20 heavy (non-hydrogen) atoms. The Kier molecular flexibility index (Phi) is 3.22. The zero-order valence-corrected chi connectivity index (χ0v) is 10.7. The number of hydrogen-bond acceptors (Lipinski definition) is 5. The molecule has 6 heteroatoms. The van der Waals surface area contributed by atoms with Gasteiger partial charge in [0.15, 0.2) is 6.61 Å². The molecule has 2 heterocycles. The van der Waals surface area contributed by atoms with E-state index in [0.29, 0.717) is 12.4 Å². The van der Waals surface area contributed by atoms with Crippen LogP contribution >= 0.6 is 0 Å². The summed E-state index contributed by atoms with van der Waals surface area (Å²) in [5, 5.41) is 0. The highest BCUT2D eigenvalue weighted by Crippen LogP contribution is 2.32. The van der Waals surface area contributed by atoms with Crippen molar-refractivity contribution in [2.24, 2.45) is 5.84 Å². The van der Waals surface area contributed by atoms with Crippen molar-refractivity contribution in [1.82, 2.24) is 4.98 Å². The SMILES string of the molecule is NNc1cc(CN2C(=O)COc3ccccc32)ccn1. The molecule has 0 spiro atoms. The largest absolute Gasteiger partial charge is 0.482 e. The molecule has 0 unspecified atom stereocenters. The van der Waals surface area contributed by atoms with Gasteiger partial charge in [-0.1, -0.05) is 12.1 Å². The van der Waals surface area contributed by atoms with E-state index in [4.69, 9.17) is 10.6 Å². The van der Waals surface area contributed by atoms with Gasteiger partial charge in [-0.3, -0.25) is 4.79 Å². The van der Waals surface area contributed by atoms with Crippen molar-refractivity contribution in [3.05, 3.63) is 48.2 Å². The van der Waals surface area contributed by atoms with Crippen molar-refractivity contribution in [1.29, 1.82) is 0 Å². The van der Waals surface area contributed by atoms with E-state index >= 15 is 0 Å². The van der Waals surface area contributed by atoms with Crippen LogP contribution in [-0.4, -0.2) is 17.5 Å². The standard InChI is InChI=1S/C14H14N4O2/c15-17-13-7-10(5-6-16-13)8-18-11-3-1-2-4-12(11)20-9-14(18)19/h1-7H,8-9,15H2,(H,16,17). The first-order valence-electron chi connectivity index (χ1n) is 6.21. The Balaban J connectivity index is 1.91. The van der Waals surface area contributed by atoms with Crippen LogP contribution < -0.4 is 20.9 Å². The molecule has 0 bridgehead atoms. The quantitative estimate of drug-likeness (QED) is 0.649. The Morgan fingerprint density at radius 2 is 2.20 bits per heavy atom. The molecule has 0 fully saturated rings. The highest BCUT2D eigenvalue weighted by atomic mass is 16.5. The highest BCUT2D eigenvalue weighted by molar-refractivity contribution is 5.97. The van der Waals surface area contributed by atoms with Gasteiger partial charge in [0.25, 0.3) is 5.91 Å². The number of carbonyl (C=O) groups excluding carboxylic acids is 1. The van der Waals surface area contributed by atoms with E-state index in [1.165, 1.54) is 0 Å². The Bertz CT molecular complexity index is 645. The summed E-state index contributed by atoms with van der Waals surface area (Å²) in [6.07, 6.45) is 1.65. The summed E-state index contributed by atoms with van der Waals surface area (Å²) in [4.78, 5) is 17.8. The molecule has 1 aromatic carbocycles. The minimum Gasteiger partial charge on any atom is -0.482 e. The molecular formula is C14H14N4O2. The molecule has 1 amide bonds. The number of amides is 1. The van der Waals surface area contributed by atoms with Gasteiger partial charge in [0, 0.05) is 6.20 Å². The number of aromatic nitrogens is 1. The molecule has 6 nitrogen and oxygen atoms in total. The summed E-state index contributed by atoms with van der Waals surface area (Å²) < 4.78 is 5.41. The number of para-hydroxylation sites is 2. The molecule has 0 saturated carbocycles. The first-order valence-corrected chi connectivity index (χ1v) is 6.21. The van der Waals surface area contributed by atoms with Gasteiger partial charge in [-0.15, -0.1) is 0 Å². The van der Waals surface area contributed by atoms with Crippen LogP contribution in [0.4, 0.5) is 11.5 Å². The third kappa shape index (κ3) is 2.28. The highest BCUT2D eigenvalue weighted by Gasteiger charge is 2.25. The summed E-state index contributed by atoms with van der Waals surface area (Å²) in [7, 11) is 0. The normalized spacial score (nSPS) is 13.7. The average molecular weight is 270 g/mol. The monoisotopic (exact) mass is 270 g/mol. The second-order valence-electron chi connectivity index (χ2n) is 4.43. The van der Waals surface area contributed by atoms with Crippen molar-refractivity contribution in [3.8, 4) is 5.75 Å². The van der Waals surface area contributed by atoms with Crippen molar-refractivity contribution in [2.75, 3.05) is 16.9 Å². The number of carbonyl (C=O) groups is 1. The van der Waals surface area contributed by atoms with Gasteiger partial charge < -0.3 is 15.1 Å². The van der Waals surface area contributed by atoms with E-state index in [-0.39, 0.29) is 12.5 Å². The lowest BCUT2D eigenvalue weighted by Gasteiger charge is -2.29. The summed E-state index contributed by atoms with van der Waals surface area (Å²) in [6, 6.07) is 11.2. The molecule has 0 atom stereocenters. The van der Waals surface area contributed by atoms with Crippen LogP contribution in [0.25, 0.3) is 0 Å². The second kappa shape index (κ2) is 5.18. The van der Waals surface area contributed by atoms with Gasteiger partial charge in [0.2, 0.25) is 0 Å². The number of fused-ring (bicyclic) bond motifs is 1. The lowest BCUT2D eigenvalue weighted by molar-refractivity contribution is -0.121. The predicted octanol–water partition coefficient (Wildman–Crippen LogP) is 1.29. The summed E-state index contributed by atoms with van der Waals surface area (Å²) in [5.74, 6) is 6.56. The van der Waals surface area contributed by atoms with Gasteiger partial charge >= 0.3 is 0 Å². The topological polar surface area (TPSA) is 80.5 Å². The summed E-state index contributed by atoms with van der Waals surface area (Å²) in [5.41, 5.74) is 4.22. The molecule has 1 aliphatic heterocycles. The van der Waals surface area contributed by atoms with Gasteiger partial charge in [-0.2, -0.15) is 0 Å². The van der Waals surface area contributed by atoms with Crippen LogP contribution in [-0.2, 0) is 11.3 Å². The number of hydrogen-bond donors (Lipinski definition) is 2. The Morgan fingerprint density at radius 3 is 3.05 bits per heavy atom. The number of nitrogens with zero attached hydrogens (tertiary/aromatic N) is 2. The third-order valence-electron chi connectivity index (χ3n) is 3.12. The fraction of sp³-hybridized carbons (Fsp3) is 0.143. The number of nitrogens with two attached hydrogens (primary N) is 1. The van der Waals surface area contributed by atoms with Crippen LogP contribution in [0.2, 0.25) is 0 Å². The molecule has 0 radical (unpaired) electrons. The minimum absolute atomic E-state index is 0.0596. The first-order chi connectivity index (χ1) is 9.78. The second-order valence-corrected chi connectivity index (χ2v) is 4.43. The molecule has 0 aliphatic carbocycles. The van der Waals surface area contributed by atoms with Crippen molar-refractivity contribution < 1.29 is 9.53 Å². The van der Waals surface area contributed by atoms with Crippen LogP contribution in [0, 0.1) is 0 Å². The molecule has 3 rings (SSSR count). The number of rotatable bonds is 3. The van der Waals surface area contributed by atoms with Crippen LogP contribution in [0.5, 0.6) is 5.75 Å². The minimum atomic E-state index is -0.0669. The molecular weight excluding hydrogens is 256 g/mol. The van der Waals surface area contributed by atoms with E-state index in [0.717, 1.165) is 17.0 Å². The smallest absolute Gasteiger partial charge is 0.265 e. The number of pyridine rings is 1. The van der Waals surface area contributed by atoms with Gasteiger partial charge in [0.05, 0.1) is 12.2 Å². The lowest BCUT2D eigenvalue weighted by atomic mass is 10.2. The molecule has 102 valence electrons. The molecule has 3 N–H and O–H groups in total. The fourth-order valence-electron chi connectivity index (χ4n) is 2.16. The van der Waals surface area contributed by atoms with Gasteiger partial charge in [-0.05, 0) is 29.8 Å². The maximum Gasteiger partial charge on any atom is 0.265 e. The van der Waals surface area contributed by atoms with E-state index < -0.39 is 0 Å². The zero-order valence-electron chi connectivity index (χ0n) is 10.7. The number of benzene rings is 1. The molecule has 2 aromatic rings. The van der Waals surface area contributed by atoms with Crippen molar-refractivity contribution in [3.63, 3.8) is 0 Å². The number of anilines is 2. The van der Waals surface area contributed by atoms with Crippen molar-refractivity contribution >= 4 is 17.4 Å². The number of ether oxygens (including phenoxy) is 1. The summed E-state index contributed by atoms with van der Waals surface area (Å²) >= 11 is 0. The Morgan fingerprint density at radius 1 is 1.35 bits per heavy atom. The van der Waals surface area contributed by atoms with Crippen LogP contribution in [0.1, 0.15) is 5.56 Å². The van der Waals surface area contributed by atoms with Crippen molar-refractivity contribution in [2.45, 2.75) is 6.54 Å². The van der Waals surface area contributed by atoms with Crippen LogP contribution in [0.3, 0.4) is 0 Å². The molecule has 1 aliphatic rings. The maximum atomic E-state index is 12.1. The Labute approximate surface area is 116 Å². The van der Waals surface area contributed by atoms with E-state index in [1.54, 1.807) is 11.1 Å². The van der Waals surface area contributed by atoms with E-state index in [2.05, 4.69) is 10.4 Å². The van der Waals surface area contributed by atoms with Gasteiger partial charge in [-0.25, -0.2) is 10.8 Å². The average Bonchev–Trinajstić information content (AvgIpc) is 2.50. The van der Waals surface area contributed by atoms with Crippen LogP contribution in [0.15, 0.2) is 42.6 Å². The molecule has 1 aromatic heterocycles. The number of hydrazine groups is 1. The fourth-order valence-corrected chi connectivity index (χ4v) is 2.16. The number of nitrogen functional groups attached to an aromatic ring is 1. The maximum absolute atomic E-state index is 12.1. The third-order valence-corrected chi connectivity index (χ3v) is 3.12. The zero-order chi connectivity index (χ0) is 13.9. The van der Waals surface area contributed by atoms with E-state index in [9.17, 15) is 4.79 Å². The first kappa shape index (κ1) is 12.4. The van der Waals surface area contributed by atoms with E-state index in [1.807, 2.05) is 36.4 Å². The predicted molar refractivity (Wildman–Crippen MR) is 75.2 cm³/mol. The lowest BCUT2D eigenvalue weighted by Crippen LogP contribution is -2.38. The summed E-state index contributed by atoms with van der Waals surface area (Å²) in [6.45, 7) is 0.514. The number of nitrogens with one attached hydrogen (secondary N) is 1.